The third kappa shape index (κ3) is 2.83. The van der Waals surface area contributed by atoms with E-state index in [1.54, 1.807) is 23.2 Å². The number of carbonyl (C=O) groups is 2. The molecule has 0 spiro atoms. The van der Waals surface area contributed by atoms with Crippen molar-refractivity contribution < 1.29 is 19.1 Å². The molecule has 28 heavy (non-hydrogen) atoms. The van der Waals surface area contributed by atoms with Crippen LogP contribution in [0, 0.1) is 0 Å². The van der Waals surface area contributed by atoms with Gasteiger partial charge in [0.15, 0.2) is 17.3 Å². The van der Waals surface area contributed by atoms with Crippen LogP contribution in [0.15, 0.2) is 42.5 Å². The lowest BCUT2D eigenvalue weighted by molar-refractivity contribution is -0.122. The first kappa shape index (κ1) is 17.2. The zero-order valence-electron chi connectivity index (χ0n) is 15.4. The summed E-state index contributed by atoms with van der Waals surface area (Å²) in [6.07, 6.45) is 0.161. The predicted octanol–water partition coefficient (Wildman–Crippen LogP) is 1.94. The monoisotopic (exact) mass is 379 g/mol. The first-order valence-electron chi connectivity index (χ1n) is 9.54. The highest BCUT2D eigenvalue weighted by molar-refractivity contribution is 6.08. The second kappa shape index (κ2) is 6.92. The fourth-order valence-corrected chi connectivity index (χ4v) is 4.13. The van der Waals surface area contributed by atoms with Crippen LogP contribution in [0.2, 0.25) is 0 Å². The molecule has 1 saturated heterocycles. The van der Waals surface area contributed by atoms with Gasteiger partial charge in [-0.25, -0.2) is 10.0 Å². The SMILES string of the molecule is O=C(c1ccc2c(c1)OCO2)C1CC(=O)N(N2CCNCC2)c2ccccc21. The van der Waals surface area contributed by atoms with E-state index in [4.69, 9.17) is 9.47 Å². The largest absolute Gasteiger partial charge is 0.454 e. The van der Waals surface area contributed by atoms with Gasteiger partial charge in [-0.15, -0.1) is 0 Å². The highest BCUT2D eigenvalue weighted by atomic mass is 16.7. The van der Waals surface area contributed by atoms with Crippen LogP contribution in [0.5, 0.6) is 11.5 Å². The summed E-state index contributed by atoms with van der Waals surface area (Å²) in [4.78, 5) is 26.4. The van der Waals surface area contributed by atoms with E-state index in [2.05, 4.69) is 10.3 Å². The molecule has 1 fully saturated rings. The van der Waals surface area contributed by atoms with Crippen molar-refractivity contribution in [2.45, 2.75) is 12.3 Å². The average molecular weight is 379 g/mol. The van der Waals surface area contributed by atoms with Crippen molar-refractivity contribution in [1.82, 2.24) is 10.3 Å². The molecule has 1 N–H and O–H groups in total. The fraction of sp³-hybridized carbons (Fsp3) is 0.333. The number of Topliss-reactive ketones (excluding diaryl/α,β-unsaturated/α-hetero) is 1. The van der Waals surface area contributed by atoms with Crippen molar-refractivity contribution in [1.29, 1.82) is 0 Å². The number of nitrogens with zero attached hydrogens (tertiary/aromatic N) is 2. The molecule has 0 bridgehead atoms. The van der Waals surface area contributed by atoms with Gasteiger partial charge in [-0.3, -0.25) is 9.59 Å². The van der Waals surface area contributed by atoms with Crippen LogP contribution in [0.1, 0.15) is 28.3 Å². The fourth-order valence-electron chi connectivity index (χ4n) is 4.13. The predicted molar refractivity (Wildman–Crippen MR) is 103 cm³/mol. The Labute approximate surface area is 162 Å². The zero-order valence-corrected chi connectivity index (χ0v) is 15.4. The summed E-state index contributed by atoms with van der Waals surface area (Å²) in [5.74, 6) is 0.604. The molecule has 144 valence electrons. The van der Waals surface area contributed by atoms with Crippen molar-refractivity contribution in [2.24, 2.45) is 0 Å². The van der Waals surface area contributed by atoms with E-state index in [9.17, 15) is 9.59 Å². The minimum absolute atomic E-state index is 0.0420. The number of ketones is 1. The number of hydrogen-bond acceptors (Lipinski definition) is 6. The minimum Gasteiger partial charge on any atom is -0.454 e. The molecule has 1 unspecified atom stereocenters. The Balaban J connectivity index is 1.50. The summed E-state index contributed by atoms with van der Waals surface area (Å²) in [6.45, 7) is 3.37. The topological polar surface area (TPSA) is 71.1 Å². The summed E-state index contributed by atoms with van der Waals surface area (Å²) in [5.41, 5.74) is 2.23. The van der Waals surface area contributed by atoms with Gasteiger partial charge >= 0.3 is 0 Å². The third-order valence-corrected chi connectivity index (χ3v) is 5.51. The van der Waals surface area contributed by atoms with Gasteiger partial charge in [0, 0.05) is 38.2 Å². The summed E-state index contributed by atoms with van der Waals surface area (Å²) in [5, 5.41) is 7.14. The quantitative estimate of drug-likeness (QED) is 0.822. The van der Waals surface area contributed by atoms with Crippen molar-refractivity contribution in [3.05, 3.63) is 53.6 Å². The van der Waals surface area contributed by atoms with Crippen molar-refractivity contribution in [2.75, 3.05) is 38.0 Å². The lowest BCUT2D eigenvalue weighted by Gasteiger charge is -2.42. The number of carbonyl (C=O) groups excluding carboxylic acids is 2. The second-order valence-corrected chi connectivity index (χ2v) is 7.16. The molecule has 1 amide bonds. The number of amides is 1. The molecule has 7 nitrogen and oxygen atoms in total. The number of ether oxygens (including phenoxy) is 2. The lowest BCUT2D eigenvalue weighted by Crippen LogP contribution is -2.56. The molecule has 3 aliphatic heterocycles. The molecular formula is C21H21N3O4. The molecule has 3 heterocycles. The Morgan fingerprint density at radius 3 is 2.68 bits per heavy atom. The highest BCUT2D eigenvalue weighted by Gasteiger charge is 2.38. The molecular weight excluding hydrogens is 358 g/mol. The van der Waals surface area contributed by atoms with Gasteiger partial charge in [-0.05, 0) is 29.8 Å². The zero-order chi connectivity index (χ0) is 19.1. The van der Waals surface area contributed by atoms with E-state index < -0.39 is 5.92 Å². The van der Waals surface area contributed by atoms with Crippen LogP contribution >= 0.6 is 0 Å². The first-order chi connectivity index (χ1) is 13.7. The van der Waals surface area contributed by atoms with Gasteiger partial charge in [-0.2, -0.15) is 0 Å². The number of para-hydroxylation sites is 1. The summed E-state index contributed by atoms with van der Waals surface area (Å²) >= 11 is 0. The number of hydrogen-bond donors (Lipinski definition) is 1. The highest BCUT2D eigenvalue weighted by Crippen LogP contribution is 2.40. The molecule has 3 aliphatic rings. The third-order valence-electron chi connectivity index (χ3n) is 5.51. The number of hydrazine groups is 1. The van der Waals surface area contributed by atoms with E-state index in [0.29, 0.717) is 17.1 Å². The van der Waals surface area contributed by atoms with Gasteiger partial charge in [0.2, 0.25) is 12.7 Å². The Morgan fingerprint density at radius 1 is 1.04 bits per heavy atom. The Kier molecular flexibility index (Phi) is 4.26. The second-order valence-electron chi connectivity index (χ2n) is 7.16. The Bertz CT molecular complexity index is 939. The van der Waals surface area contributed by atoms with Crippen molar-refractivity contribution >= 4 is 17.4 Å². The molecule has 0 saturated carbocycles. The number of piperazine rings is 1. The number of anilines is 1. The van der Waals surface area contributed by atoms with E-state index >= 15 is 0 Å². The van der Waals surface area contributed by atoms with Crippen molar-refractivity contribution in [3.63, 3.8) is 0 Å². The van der Waals surface area contributed by atoms with Crippen LogP contribution in [-0.4, -0.2) is 49.7 Å². The van der Waals surface area contributed by atoms with E-state index in [-0.39, 0.29) is 24.9 Å². The van der Waals surface area contributed by atoms with Gasteiger partial charge in [0.25, 0.3) is 0 Å². The van der Waals surface area contributed by atoms with E-state index in [1.165, 1.54) is 0 Å². The van der Waals surface area contributed by atoms with Crippen LogP contribution in [-0.2, 0) is 4.79 Å². The lowest BCUT2D eigenvalue weighted by atomic mass is 9.84. The molecule has 2 aromatic rings. The van der Waals surface area contributed by atoms with E-state index in [0.717, 1.165) is 37.4 Å². The number of fused-ring (bicyclic) bond motifs is 2. The average Bonchev–Trinajstić information content (AvgIpc) is 3.21. The summed E-state index contributed by atoms with van der Waals surface area (Å²) in [6, 6.07) is 12.9. The van der Waals surface area contributed by atoms with E-state index in [1.807, 2.05) is 24.3 Å². The van der Waals surface area contributed by atoms with Crippen LogP contribution in [0.25, 0.3) is 0 Å². The van der Waals surface area contributed by atoms with Crippen LogP contribution in [0.4, 0.5) is 5.69 Å². The van der Waals surface area contributed by atoms with Gasteiger partial charge in [-0.1, -0.05) is 18.2 Å². The maximum atomic E-state index is 13.3. The Morgan fingerprint density at radius 2 is 1.82 bits per heavy atom. The number of nitrogens with one attached hydrogen (secondary N) is 1. The summed E-state index contributed by atoms with van der Waals surface area (Å²) < 4.78 is 10.7. The van der Waals surface area contributed by atoms with Gasteiger partial charge in [0.1, 0.15) is 0 Å². The van der Waals surface area contributed by atoms with Crippen LogP contribution in [0.3, 0.4) is 0 Å². The first-order valence-corrected chi connectivity index (χ1v) is 9.54. The summed E-state index contributed by atoms with van der Waals surface area (Å²) in [7, 11) is 0. The molecule has 0 aliphatic carbocycles. The molecule has 0 radical (unpaired) electrons. The maximum absolute atomic E-state index is 13.3. The van der Waals surface area contributed by atoms with Gasteiger partial charge < -0.3 is 14.8 Å². The molecule has 5 rings (SSSR count). The Hall–Kier alpha value is -2.90. The van der Waals surface area contributed by atoms with Crippen molar-refractivity contribution in [3.8, 4) is 11.5 Å². The molecule has 2 aromatic carbocycles. The van der Waals surface area contributed by atoms with Gasteiger partial charge in [0.05, 0.1) is 11.6 Å². The normalized spacial score (nSPS) is 21.5. The van der Waals surface area contributed by atoms with Crippen LogP contribution < -0.4 is 19.8 Å². The molecule has 1 atom stereocenters. The smallest absolute Gasteiger partial charge is 0.242 e. The minimum atomic E-state index is -0.497. The standard InChI is InChI=1S/C21H21N3O4/c25-20-12-16(21(26)14-5-6-18-19(11-14)28-13-27-18)15-3-1-2-4-17(15)24(20)23-9-7-22-8-10-23/h1-6,11,16,22H,7-10,12-13H2. The maximum Gasteiger partial charge on any atom is 0.242 e. The number of rotatable bonds is 3. The molecule has 0 aromatic heterocycles. The molecule has 7 heteroatoms. The number of benzene rings is 2.